The van der Waals surface area contributed by atoms with Gasteiger partial charge in [0.2, 0.25) is 0 Å². The Labute approximate surface area is 209 Å². The van der Waals surface area contributed by atoms with E-state index in [1.165, 1.54) is 71.6 Å². The number of carbonyl (C=O) groups is 3. The third-order valence-corrected chi connectivity index (χ3v) is 11.5. The molecule has 0 rings (SSSR count). The molecule has 196 valence electrons. The second kappa shape index (κ2) is 17.2. The van der Waals surface area contributed by atoms with Crippen molar-refractivity contribution in [1.29, 1.82) is 0 Å². The fourth-order valence-corrected chi connectivity index (χ4v) is 8.36. The van der Waals surface area contributed by atoms with E-state index < -0.39 is 36.3 Å². The molecule has 0 unspecified atom stereocenters. The zero-order chi connectivity index (χ0) is 26.1. The van der Waals surface area contributed by atoms with Crippen LogP contribution < -0.4 is 0 Å². The van der Waals surface area contributed by atoms with E-state index in [-0.39, 0.29) is 6.42 Å². The van der Waals surface area contributed by atoms with E-state index in [0.29, 0.717) is 18.6 Å². The zero-order valence-corrected chi connectivity index (χ0v) is 23.6. The van der Waals surface area contributed by atoms with Crippen LogP contribution in [0.3, 0.4) is 0 Å². The van der Waals surface area contributed by atoms with E-state index in [1.807, 2.05) is 0 Å². The predicted molar refractivity (Wildman–Crippen MR) is 133 cm³/mol. The monoisotopic (exact) mass is 516 g/mol. The van der Waals surface area contributed by atoms with Gasteiger partial charge in [-0.1, -0.05) is 39.5 Å². The van der Waals surface area contributed by atoms with Crippen molar-refractivity contribution >= 4 is 14.1 Å². The zero-order valence-electron chi connectivity index (χ0n) is 22.1. The second-order valence-electron chi connectivity index (χ2n) is 9.94. The van der Waals surface area contributed by atoms with Crippen molar-refractivity contribution < 1.29 is 40.4 Å². The SMILES string of the molecule is C=C[C](=O)[Ti](=[O])([O]C(=O)CCCCCCCCCCCCCCC(C)C)([O]C(C)C)[C](=O)C=C. The summed E-state index contributed by atoms with van der Waals surface area (Å²) in [5.41, 5.74) is 0. The Kier molecular flexibility index (Phi) is 16.6. The van der Waals surface area contributed by atoms with Crippen LogP contribution >= 0.6 is 0 Å². The molecule has 0 spiro atoms. The molecule has 0 aliphatic carbocycles. The van der Waals surface area contributed by atoms with Crippen LogP contribution in [0.4, 0.5) is 0 Å². The van der Waals surface area contributed by atoms with Crippen LogP contribution in [-0.4, -0.2) is 20.2 Å². The first-order valence-electron chi connectivity index (χ1n) is 13.1. The van der Waals surface area contributed by atoms with E-state index in [0.717, 1.165) is 25.2 Å². The summed E-state index contributed by atoms with van der Waals surface area (Å²) in [6.45, 7) is 14.2. The number of unbranched alkanes of at least 4 members (excludes halogenated alkanes) is 11. The number of hydrogen-bond donors (Lipinski definition) is 0. The fraction of sp³-hybridized carbons (Fsp3) is 0.741. The van der Waals surface area contributed by atoms with E-state index in [4.69, 9.17) is 6.64 Å². The van der Waals surface area contributed by atoms with Crippen molar-refractivity contribution in [3.05, 3.63) is 25.3 Å². The van der Waals surface area contributed by atoms with Gasteiger partial charge in [0.1, 0.15) is 0 Å². The summed E-state index contributed by atoms with van der Waals surface area (Å²) in [5.74, 6) is -0.0571. The Morgan fingerprint density at radius 1 is 0.706 bits per heavy atom. The van der Waals surface area contributed by atoms with Crippen molar-refractivity contribution in [1.82, 2.24) is 0 Å². The minimum atomic E-state index is -6.70. The molecule has 0 atom stereocenters. The normalized spacial score (nSPS) is 12.1. The van der Waals surface area contributed by atoms with Gasteiger partial charge in [0.15, 0.2) is 0 Å². The molecular weight excluding hydrogens is 468 g/mol. The Hall–Kier alpha value is -1.24. The molecule has 0 aromatic heterocycles. The van der Waals surface area contributed by atoms with Crippen LogP contribution in [-0.2, 0) is 40.4 Å². The molecule has 0 aromatic rings. The van der Waals surface area contributed by atoms with Gasteiger partial charge in [-0.15, -0.1) is 0 Å². The number of carbonyl (C=O) groups excluding carboxylic acids is 3. The van der Waals surface area contributed by atoms with Crippen LogP contribution in [0.25, 0.3) is 0 Å². The molecule has 0 heterocycles. The molecule has 0 N–H and O–H groups in total. The topological polar surface area (TPSA) is 86.7 Å². The van der Waals surface area contributed by atoms with Crippen molar-refractivity contribution in [3.63, 3.8) is 0 Å². The average Bonchev–Trinajstić information content (AvgIpc) is 2.77. The minimum absolute atomic E-state index is 0.0331. The number of hydrogen-bond acceptors (Lipinski definition) is 6. The fourth-order valence-electron chi connectivity index (χ4n) is 3.99. The van der Waals surface area contributed by atoms with Crippen molar-refractivity contribution in [2.24, 2.45) is 5.92 Å². The van der Waals surface area contributed by atoms with Gasteiger partial charge in [-0.05, 0) is 5.92 Å². The van der Waals surface area contributed by atoms with Crippen LogP contribution in [0.15, 0.2) is 25.3 Å². The first-order valence-corrected chi connectivity index (χ1v) is 16.6. The van der Waals surface area contributed by atoms with Gasteiger partial charge >= 0.3 is 164 Å². The summed E-state index contributed by atoms with van der Waals surface area (Å²) in [6, 6.07) is 0. The van der Waals surface area contributed by atoms with Crippen LogP contribution in [0.5, 0.6) is 0 Å². The molecule has 0 bridgehead atoms. The van der Waals surface area contributed by atoms with Gasteiger partial charge in [0.25, 0.3) is 0 Å². The van der Waals surface area contributed by atoms with Gasteiger partial charge in [-0.3, -0.25) is 0 Å². The van der Waals surface area contributed by atoms with Crippen LogP contribution in [0.1, 0.15) is 118 Å². The maximum atomic E-state index is 13.6. The Balaban J connectivity index is 4.23. The van der Waals surface area contributed by atoms with Crippen LogP contribution in [0, 0.1) is 5.92 Å². The number of allylic oxidation sites excluding steroid dienone is 2. The Morgan fingerprint density at radius 2 is 1.09 bits per heavy atom. The van der Waals surface area contributed by atoms with Gasteiger partial charge in [0.05, 0.1) is 0 Å². The molecule has 0 aliphatic rings. The van der Waals surface area contributed by atoms with Crippen molar-refractivity contribution in [2.45, 2.75) is 124 Å². The molecular formula is C27H48O6Ti. The molecule has 0 saturated heterocycles. The van der Waals surface area contributed by atoms with E-state index in [2.05, 4.69) is 27.0 Å². The molecule has 6 nitrogen and oxygen atoms in total. The first-order chi connectivity index (χ1) is 16.0. The first kappa shape index (κ1) is 32.8. The predicted octanol–water partition coefficient (Wildman–Crippen LogP) is 7.36. The summed E-state index contributed by atoms with van der Waals surface area (Å²) < 4.78 is 21.6. The Bertz CT molecular complexity index is 699. The molecule has 0 aromatic carbocycles. The average molecular weight is 517 g/mol. The molecule has 0 saturated carbocycles. The standard InChI is InChI=1S/C18H36O2.C3H7O.2C3H3O.O.Ti/c1-17(2)15-13-11-9-7-5-3-4-6-8-10-12-14-16-18(19)20;1-3(2)4;2*1-2-3-4;;/h17H,3-16H2,1-2H3,(H,19,20);3H,1-2H3;2*2H,1H2;;/q;-1;;;;+2/p-1. The second-order valence-corrected chi connectivity index (χ2v) is 15.2. The third-order valence-electron chi connectivity index (χ3n) is 5.88. The quantitative estimate of drug-likeness (QED) is 0.0849. The Morgan fingerprint density at radius 3 is 1.44 bits per heavy atom. The maximum absolute atomic E-state index is 13.6. The van der Waals surface area contributed by atoms with Gasteiger partial charge in [-0.2, -0.15) is 0 Å². The molecule has 34 heavy (non-hydrogen) atoms. The summed E-state index contributed by atoms with van der Waals surface area (Å²) >= 11 is -6.70. The summed E-state index contributed by atoms with van der Waals surface area (Å²) in [4.78, 5) is 37.2. The summed E-state index contributed by atoms with van der Waals surface area (Å²) in [5, 5.41) is 0. The van der Waals surface area contributed by atoms with Gasteiger partial charge in [0, 0.05) is 0 Å². The molecule has 0 amide bonds. The van der Waals surface area contributed by atoms with Crippen LogP contribution in [0.2, 0.25) is 0 Å². The molecule has 0 aliphatic heterocycles. The van der Waals surface area contributed by atoms with Gasteiger partial charge < -0.3 is 0 Å². The van der Waals surface area contributed by atoms with E-state index in [9.17, 15) is 17.7 Å². The van der Waals surface area contributed by atoms with Gasteiger partial charge in [-0.25, -0.2) is 0 Å². The third kappa shape index (κ3) is 11.9. The molecule has 7 heteroatoms. The number of rotatable bonds is 22. The van der Waals surface area contributed by atoms with Crippen molar-refractivity contribution in [3.8, 4) is 0 Å². The van der Waals surface area contributed by atoms with E-state index >= 15 is 0 Å². The van der Waals surface area contributed by atoms with Crippen molar-refractivity contribution in [2.75, 3.05) is 0 Å². The molecule has 0 fully saturated rings. The summed E-state index contributed by atoms with van der Waals surface area (Å²) in [6.07, 6.45) is 15.8. The molecule has 0 radical (unpaired) electrons. The van der Waals surface area contributed by atoms with E-state index in [1.54, 1.807) is 0 Å². The summed E-state index contributed by atoms with van der Waals surface area (Å²) in [7, 11) is 0.